The molecule has 1 amide bonds. The van der Waals surface area contributed by atoms with Gasteiger partial charge in [-0.15, -0.1) is 0 Å². The average Bonchev–Trinajstić information content (AvgIpc) is 3.04. The highest BCUT2D eigenvalue weighted by atomic mass is 35.5. The Morgan fingerprint density at radius 1 is 1.13 bits per heavy atom. The number of halogens is 2. The van der Waals surface area contributed by atoms with Crippen molar-refractivity contribution in [2.24, 2.45) is 0 Å². The molecule has 0 saturated heterocycles. The van der Waals surface area contributed by atoms with Crippen LogP contribution in [0.3, 0.4) is 0 Å². The standard InChI is InChI=1S/C17H17Cl2N3O/c18-14-6-3-7-15(19)16(14)21-13-8-11(9-20-10-13)17(23)22-12-4-1-2-5-12/h3,6-10,12,21H,1-2,4-5H2,(H,22,23). The van der Waals surface area contributed by atoms with Gasteiger partial charge in [0, 0.05) is 12.2 Å². The number of amides is 1. The Kier molecular flexibility index (Phi) is 5.03. The van der Waals surface area contributed by atoms with Crippen molar-refractivity contribution in [1.29, 1.82) is 0 Å². The van der Waals surface area contributed by atoms with Crippen LogP contribution in [-0.4, -0.2) is 16.9 Å². The van der Waals surface area contributed by atoms with Crippen LogP contribution in [0, 0.1) is 0 Å². The zero-order chi connectivity index (χ0) is 16.2. The molecule has 0 aliphatic heterocycles. The predicted molar refractivity (Wildman–Crippen MR) is 93.7 cm³/mol. The first-order chi connectivity index (χ1) is 11.1. The number of aromatic nitrogens is 1. The van der Waals surface area contributed by atoms with E-state index in [2.05, 4.69) is 15.6 Å². The SMILES string of the molecule is O=C(NC1CCCC1)c1cncc(Nc2c(Cl)cccc2Cl)c1. The molecule has 0 radical (unpaired) electrons. The Bertz CT molecular complexity index is 694. The van der Waals surface area contributed by atoms with Crippen molar-refractivity contribution in [3.63, 3.8) is 0 Å². The second-order valence-electron chi connectivity index (χ2n) is 5.64. The molecule has 0 unspecified atom stereocenters. The molecule has 0 spiro atoms. The zero-order valence-electron chi connectivity index (χ0n) is 12.5. The number of carbonyl (C=O) groups excluding carboxylic acids is 1. The molecule has 2 aromatic rings. The lowest BCUT2D eigenvalue weighted by Gasteiger charge is -2.13. The molecule has 120 valence electrons. The summed E-state index contributed by atoms with van der Waals surface area (Å²) in [5.41, 5.74) is 1.79. The van der Waals surface area contributed by atoms with E-state index in [0.717, 1.165) is 12.8 Å². The fourth-order valence-corrected chi connectivity index (χ4v) is 3.22. The quantitative estimate of drug-likeness (QED) is 0.832. The van der Waals surface area contributed by atoms with E-state index in [4.69, 9.17) is 23.2 Å². The van der Waals surface area contributed by atoms with Gasteiger partial charge in [-0.3, -0.25) is 9.78 Å². The van der Waals surface area contributed by atoms with Gasteiger partial charge in [-0.25, -0.2) is 0 Å². The smallest absolute Gasteiger partial charge is 0.253 e. The van der Waals surface area contributed by atoms with Crippen LogP contribution < -0.4 is 10.6 Å². The predicted octanol–water partition coefficient (Wildman–Crippen LogP) is 4.80. The number of para-hydroxylation sites is 1. The first kappa shape index (κ1) is 16.1. The second kappa shape index (κ2) is 7.20. The molecule has 1 aliphatic carbocycles. The Labute approximate surface area is 145 Å². The molecule has 1 heterocycles. The normalized spacial score (nSPS) is 14.7. The van der Waals surface area contributed by atoms with E-state index in [-0.39, 0.29) is 11.9 Å². The van der Waals surface area contributed by atoms with E-state index in [9.17, 15) is 4.79 Å². The first-order valence-corrected chi connectivity index (χ1v) is 8.36. The number of nitrogens with zero attached hydrogens (tertiary/aromatic N) is 1. The summed E-state index contributed by atoms with van der Waals surface area (Å²) < 4.78 is 0. The van der Waals surface area contributed by atoms with Gasteiger partial charge in [-0.05, 0) is 31.0 Å². The molecule has 4 nitrogen and oxygen atoms in total. The first-order valence-electron chi connectivity index (χ1n) is 7.60. The van der Waals surface area contributed by atoms with Crippen molar-refractivity contribution in [3.05, 3.63) is 52.3 Å². The van der Waals surface area contributed by atoms with E-state index in [1.165, 1.54) is 12.8 Å². The molecular formula is C17H17Cl2N3O. The molecule has 1 fully saturated rings. The monoisotopic (exact) mass is 349 g/mol. The van der Waals surface area contributed by atoms with Crippen LogP contribution in [-0.2, 0) is 0 Å². The third-order valence-electron chi connectivity index (χ3n) is 3.92. The molecule has 1 aromatic heterocycles. The Hall–Kier alpha value is -1.78. The van der Waals surface area contributed by atoms with Gasteiger partial charge in [-0.2, -0.15) is 0 Å². The van der Waals surface area contributed by atoms with Crippen molar-refractivity contribution in [2.45, 2.75) is 31.7 Å². The maximum absolute atomic E-state index is 12.3. The molecule has 3 rings (SSSR count). The number of anilines is 2. The summed E-state index contributed by atoms with van der Waals surface area (Å²) in [6.45, 7) is 0. The highest BCUT2D eigenvalue weighted by molar-refractivity contribution is 6.39. The van der Waals surface area contributed by atoms with Crippen LogP contribution in [0.1, 0.15) is 36.0 Å². The van der Waals surface area contributed by atoms with Crippen molar-refractivity contribution < 1.29 is 4.79 Å². The molecular weight excluding hydrogens is 333 g/mol. The molecule has 23 heavy (non-hydrogen) atoms. The van der Waals surface area contributed by atoms with Crippen LogP contribution in [0.25, 0.3) is 0 Å². The van der Waals surface area contributed by atoms with Gasteiger partial charge in [0.2, 0.25) is 0 Å². The maximum Gasteiger partial charge on any atom is 0.253 e. The van der Waals surface area contributed by atoms with E-state index < -0.39 is 0 Å². The summed E-state index contributed by atoms with van der Waals surface area (Å²) in [5, 5.41) is 7.20. The third-order valence-corrected chi connectivity index (χ3v) is 4.55. The van der Waals surface area contributed by atoms with Crippen LogP contribution in [0.5, 0.6) is 0 Å². The van der Waals surface area contributed by atoms with Gasteiger partial charge in [0.25, 0.3) is 5.91 Å². The van der Waals surface area contributed by atoms with Gasteiger partial charge < -0.3 is 10.6 Å². The lowest BCUT2D eigenvalue weighted by molar-refractivity contribution is 0.0937. The summed E-state index contributed by atoms with van der Waals surface area (Å²) in [4.78, 5) is 16.4. The molecule has 2 N–H and O–H groups in total. The molecule has 0 atom stereocenters. The van der Waals surface area contributed by atoms with Crippen molar-refractivity contribution >= 4 is 40.5 Å². The summed E-state index contributed by atoms with van der Waals surface area (Å²) in [5.74, 6) is -0.0988. The van der Waals surface area contributed by atoms with Crippen LogP contribution >= 0.6 is 23.2 Å². The zero-order valence-corrected chi connectivity index (χ0v) is 14.0. The lowest BCUT2D eigenvalue weighted by Crippen LogP contribution is -2.32. The van der Waals surface area contributed by atoms with E-state index in [1.807, 2.05) is 0 Å². The lowest BCUT2D eigenvalue weighted by atomic mass is 10.2. The summed E-state index contributed by atoms with van der Waals surface area (Å²) in [7, 11) is 0. The maximum atomic E-state index is 12.3. The highest BCUT2D eigenvalue weighted by Gasteiger charge is 2.18. The minimum absolute atomic E-state index is 0.0988. The molecule has 1 saturated carbocycles. The van der Waals surface area contributed by atoms with Crippen LogP contribution in [0.2, 0.25) is 10.0 Å². The molecule has 0 bridgehead atoms. The van der Waals surface area contributed by atoms with Crippen molar-refractivity contribution in [2.75, 3.05) is 5.32 Å². The minimum atomic E-state index is -0.0988. The Morgan fingerprint density at radius 2 is 1.83 bits per heavy atom. The number of benzene rings is 1. The largest absolute Gasteiger partial charge is 0.352 e. The van der Waals surface area contributed by atoms with E-state index in [1.54, 1.807) is 36.7 Å². The Balaban J connectivity index is 1.75. The Morgan fingerprint density at radius 3 is 2.52 bits per heavy atom. The van der Waals surface area contributed by atoms with Crippen LogP contribution in [0.15, 0.2) is 36.7 Å². The fraction of sp³-hybridized carbons (Fsp3) is 0.294. The number of hydrogen-bond donors (Lipinski definition) is 2. The number of nitrogens with one attached hydrogen (secondary N) is 2. The number of pyridine rings is 1. The third kappa shape index (κ3) is 3.95. The summed E-state index contributed by atoms with van der Waals surface area (Å²) in [6.07, 6.45) is 7.64. The summed E-state index contributed by atoms with van der Waals surface area (Å²) in [6, 6.07) is 7.30. The van der Waals surface area contributed by atoms with Gasteiger partial charge in [0.1, 0.15) is 0 Å². The van der Waals surface area contributed by atoms with Gasteiger partial charge >= 0.3 is 0 Å². The van der Waals surface area contributed by atoms with Gasteiger partial charge in [0.15, 0.2) is 0 Å². The number of rotatable bonds is 4. The van der Waals surface area contributed by atoms with Crippen molar-refractivity contribution in [1.82, 2.24) is 10.3 Å². The van der Waals surface area contributed by atoms with Gasteiger partial charge in [0.05, 0.1) is 33.2 Å². The highest BCUT2D eigenvalue weighted by Crippen LogP contribution is 2.32. The van der Waals surface area contributed by atoms with E-state index in [0.29, 0.717) is 27.0 Å². The minimum Gasteiger partial charge on any atom is -0.352 e. The summed E-state index contributed by atoms with van der Waals surface area (Å²) >= 11 is 12.3. The average molecular weight is 350 g/mol. The topological polar surface area (TPSA) is 54.0 Å². The molecule has 1 aromatic carbocycles. The van der Waals surface area contributed by atoms with Gasteiger partial charge in [-0.1, -0.05) is 42.1 Å². The van der Waals surface area contributed by atoms with Crippen LogP contribution in [0.4, 0.5) is 11.4 Å². The molecule has 1 aliphatic rings. The second-order valence-corrected chi connectivity index (χ2v) is 6.45. The number of hydrogen-bond acceptors (Lipinski definition) is 3. The van der Waals surface area contributed by atoms with Crippen molar-refractivity contribution in [3.8, 4) is 0 Å². The van der Waals surface area contributed by atoms with E-state index >= 15 is 0 Å². The fourth-order valence-electron chi connectivity index (χ4n) is 2.73. The molecule has 6 heteroatoms. The number of carbonyl (C=O) groups is 1.